The molecule has 0 bridgehead atoms. The van der Waals surface area contributed by atoms with Gasteiger partial charge < -0.3 is 14.2 Å². The second kappa shape index (κ2) is 8.16. The Morgan fingerprint density at radius 3 is 2.73 bits per heavy atom. The van der Waals surface area contributed by atoms with Crippen molar-refractivity contribution in [3.05, 3.63) is 77.6 Å². The number of hydrogen-bond donors (Lipinski definition) is 0. The lowest BCUT2D eigenvalue weighted by molar-refractivity contribution is -0.145. The number of fused-ring (bicyclic) bond motifs is 1. The molecule has 0 N–H and O–H groups in total. The fourth-order valence-electron chi connectivity index (χ4n) is 2.43. The van der Waals surface area contributed by atoms with Gasteiger partial charge >= 0.3 is 5.97 Å². The number of rotatable bonds is 6. The van der Waals surface area contributed by atoms with Gasteiger partial charge in [-0.2, -0.15) is 0 Å². The summed E-state index contributed by atoms with van der Waals surface area (Å²) in [6, 6.07) is 14.6. The van der Waals surface area contributed by atoms with Crippen molar-refractivity contribution in [1.82, 2.24) is 0 Å². The van der Waals surface area contributed by atoms with E-state index in [0.717, 1.165) is 5.56 Å². The topological polar surface area (TPSA) is 61.8 Å². The van der Waals surface area contributed by atoms with Crippen LogP contribution in [0.3, 0.4) is 0 Å². The minimum Gasteiger partial charge on any atom is -0.482 e. The summed E-state index contributed by atoms with van der Waals surface area (Å²) in [4.78, 5) is 23.7. The molecule has 0 fully saturated rings. The van der Waals surface area contributed by atoms with Crippen LogP contribution in [0.1, 0.15) is 22.8 Å². The molecule has 0 aliphatic carbocycles. The van der Waals surface area contributed by atoms with Gasteiger partial charge in [-0.3, -0.25) is 4.79 Å². The predicted molar refractivity (Wildman–Crippen MR) is 97.1 cm³/mol. The maximum atomic E-state index is 12.4. The molecule has 2 aromatic rings. The SMILES string of the molecule is CCOC(=O)COc1ccc2c(c1)OC(=CC=Cc1ccccc1)C2=O. The standard InChI is InChI=1S/C21H18O5/c1-2-24-20(22)14-25-16-11-12-17-19(13-16)26-18(21(17)23)10-6-9-15-7-4-3-5-8-15/h3-13H,2,14H2,1H3. The zero-order valence-electron chi connectivity index (χ0n) is 14.3. The second-order valence-electron chi connectivity index (χ2n) is 5.48. The number of hydrogen-bond acceptors (Lipinski definition) is 5. The van der Waals surface area contributed by atoms with Crippen molar-refractivity contribution in [3.63, 3.8) is 0 Å². The van der Waals surface area contributed by atoms with E-state index in [4.69, 9.17) is 14.2 Å². The minimum atomic E-state index is -0.448. The Labute approximate surface area is 151 Å². The highest BCUT2D eigenvalue weighted by molar-refractivity contribution is 6.12. The van der Waals surface area contributed by atoms with Gasteiger partial charge in [-0.1, -0.05) is 42.5 Å². The first-order valence-corrected chi connectivity index (χ1v) is 8.26. The lowest BCUT2D eigenvalue weighted by atomic mass is 10.1. The van der Waals surface area contributed by atoms with Gasteiger partial charge in [0.15, 0.2) is 12.4 Å². The maximum Gasteiger partial charge on any atom is 0.344 e. The molecule has 132 valence electrons. The second-order valence-corrected chi connectivity index (χ2v) is 5.48. The highest BCUT2D eigenvalue weighted by Crippen LogP contribution is 2.34. The Bertz CT molecular complexity index is 865. The summed E-state index contributed by atoms with van der Waals surface area (Å²) >= 11 is 0. The average Bonchev–Trinajstić information content (AvgIpc) is 2.96. The first kappa shape index (κ1) is 17.5. The highest BCUT2D eigenvalue weighted by atomic mass is 16.6. The number of benzene rings is 2. The van der Waals surface area contributed by atoms with E-state index >= 15 is 0 Å². The van der Waals surface area contributed by atoms with Crippen LogP contribution in [0, 0.1) is 0 Å². The number of carbonyl (C=O) groups excluding carboxylic acids is 2. The molecule has 0 radical (unpaired) electrons. The summed E-state index contributed by atoms with van der Waals surface area (Å²) in [5.74, 6) is 0.461. The molecular formula is C21H18O5. The van der Waals surface area contributed by atoms with Crippen molar-refractivity contribution in [2.24, 2.45) is 0 Å². The van der Waals surface area contributed by atoms with Gasteiger partial charge in [0.25, 0.3) is 0 Å². The van der Waals surface area contributed by atoms with Crippen molar-refractivity contribution < 1.29 is 23.8 Å². The average molecular weight is 350 g/mol. The number of ketones is 1. The van der Waals surface area contributed by atoms with Gasteiger partial charge in [0.05, 0.1) is 12.2 Å². The third-order valence-electron chi connectivity index (χ3n) is 3.64. The summed E-state index contributed by atoms with van der Waals surface area (Å²) in [6.07, 6.45) is 5.29. The van der Waals surface area contributed by atoms with Crippen LogP contribution in [0.15, 0.2) is 66.4 Å². The number of carbonyl (C=O) groups is 2. The van der Waals surface area contributed by atoms with Crippen molar-refractivity contribution in [1.29, 1.82) is 0 Å². The molecule has 0 saturated carbocycles. The molecular weight excluding hydrogens is 332 g/mol. The Hall–Kier alpha value is -3.34. The van der Waals surface area contributed by atoms with Crippen molar-refractivity contribution in [2.45, 2.75) is 6.92 Å². The van der Waals surface area contributed by atoms with E-state index in [2.05, 4.69) is 0 Å². The molecule has 5 heteroatoms. The molecule has 0 unspecified atom stereocenters. The zero-order chi connectivity index (χ0) is 18.4. The van der Waals surface area contributed by atoms with Crippen LogP contribution in [0.4, 0.5) is 0 Å². The van der Waals surface area contributed by atoms with Gasteiger partial charge in [0.1, 0.15) is 11.5 Å². The molecule has 0 aromatic heterocycles. The molecule has 0 amide bonds. The normalized spacial score (nSPS) is 14.3. The molecule has 0 saturated heterocycles. The van der Waals surface area contributed by atoms with Crippen LogP contribution in [-0.2, 0) is 9.53 Å². The molecule has 1 heterocycles. The minimum absolute atomic E-state index is 0.186. The van der Waals surface area contributed by atoms with Crippen molar-refractivity contribution in [3.8, 4) is 11.5 Å². The fourth-order valence-corrected chi connectivity index (χ4v) is 2.43. The van der Waals surface area contributed by atoms with E-state index < -0.39 is 5.97 Å². The van der Waals surface area contributed by atoms with Crippen LogP contribution in [0.5, 0.6) is 11.5 Å². The summed E-state index contributed by atoms with van der Waals surface area (Å²) in [5, 5.41) is 0. The fraction of sp³-hybridized carbons (Fsp3) is 0.143. The van der Waals surface area contributed by atoms with E-state index in [1.54, 1.807) is 37.3 Å². The van der Waals surface area contributed by atoms with E-state index in [1.807, 2.05) is 36.4 Å². The van der Waals surface area contributed by atoms with Crippen LogP contribution in [-0.4, -0.2) is 25.0 Å². The summed E-state index contributed by atoms with van der Waals surface area (Å²) in [6.45, 7) is 1.84. The maximum absolute atomic E-state index is 12.4. The lowest BCUT2D eigenvalue weighted by Gasteiger charge is -2.06. The molecule has 1 aliphatic rings. The molecule has 2 aromatic carbocycles. The number of allylic oxidation sites excluding steroid dienone is 3. The summed E-state index contributed by atoms with van der Waals surface area (Å²) in [5.41, 5.74) is 1.50. The third kappa shape index (κ3) is 4.19. The molecule has 3 rings (SSSR count). The van der Waals surface area contributed by atoms with Crippen molar-refractivity contribution >= 4 is 17.8 Å². The molecule has 26 heavy (non-hydrogen) atoms. The Balaban J connectivity index is 1.67. The number of ether oxygens (including phenoxy) is 3. The Morgan fingerprint density at radius 2 is 1.96 bits per heavy atom. The first-order valence-electron chi connectivity index (χ1n) is 8.26. The van der Waals surface area contributed by atoms with E-state index in [1.165, 1.54) is 0 Å². The highest BCUT2D eigenvalue weighted by Gasteiger charge is 2.27. The van der Waals surface area contributed by atoms with Gasteiger partial charge in [0.2, 0.25) is 5.78 Å². The Morgan fingerprint density at radius 1 is 1.15 bits per heavy atom. The van der Waals surface area contributed by atoms with Crippen LogP contribution >= 0.6 is 0 Å². The lowest BCUT2D eigenvalue weighted by Crippen LogP contribution is -2.14. The monoisotopic (exact) mass is 350 g/mol. The van der Waals surface area contributed by atoms with E-state index in [-0.39, 0.29) is 18.1 Å². The first-order chi connectivity index (χ1) is 12.7. The van der Waals surface area contributed by atoms with Gasteiger partial charge in [-0.15, -0.1) is 0 Å². The van der Waals surface area contributed by atoms with E-state index in [9.17, 15) is 9.59 Å². The van der Waals surface area contributed by atoms with E-state index in [0.29, 0.717) is 23.7 Å². The van der Waals surface area contributed by atoms with Crippen LogP contribution in [0.2, 0.25) is 0 Å². The van der Waals surface area contributed by atoms with Crippen molar-refractivity contribution in [2.75, 3.05) is 13.2 Å². The molecule has 0 spiro atoms. The largest absolute Gasteiger partial charge is 0.482 e. The van der Waals surface area contributed by atoms with Gasteiger partial charge in [-0.25, -0.2) is 4.79 Å². The predicted octanol–water partition coefficient (Wildman–Crippen LogP) is 3.80. The number of Topliss-reactive ketones (excluding diaryl/α,β-unsaturated/α-hetero) is 1. The quantitative estimate of drug-likeness (QED) is 0.586. The summed E-state index contributed by atoms with van der Waals surface area (Å²) < 4.78 is 15.8. The smallest absolute Gasteiger partial charge is 0.344 e. The Kier molecular flexibility index (Phi) is 5.49. The van der Waals surface area contributed by atoms with Gasteiger partial charge in [-0.05, 0) is 30.7 Å². The van der Waals surface area contributed by atoms with Crippen LogP contribution < -0.4 is 9.47 Å². The molecule has 5 nitrogen and oxygen atoms in total. The summed E-state index contributed by atoms with van der Waals surface area (Å²) in [7, 11) is 0. The zero-order valence-corrected chi connectivity index (χ0v) is 14.3. The van der Waals surface area contributed by atoms with Crippen LogP contribution in [0.25, 0.3) is 6.08 Å². The number of esters is 1. The molecule has 0 atom stereocenters. The van der Waals surface area contributed by atoms with Gasteiger partial charge in [0, 0.05) is 6.07 Å². The third-order valence-corrected chi connectivity index (χ3v) is 3.64. The molecule has 1 aliphatic heterocycles.